The molecule has 0 aliphatic carbocycles. The second-order valence-electron chi connectivity index (χ2n) is 3.57. The van der Waals surface area contributed by atoms with Crippen LogP contribution in [0.2, 0.25) is 0 Å². The summed E-state index contributed by atoms with van der Waals surface area (Å²) in [6.07, 6.45) is 1.43. The molecule has 0 fully saturated rings. The molecule has 18 heavy (non-hydrogen) atoms. The number of aliphatic carboxylic acids is 1. The van der Waals surface area contributed by atoms with Crippen LogP contribution in [0.25, 0.3) is 11.3 Å². The molecule has 1 heterocycles. The Labute approximate surface area is 103 Å². The Kier molecular flexibility index (Phi) is 3.52. The molecule has 0 aliphatic rings. The van der Waals surface area contributed by atoms with Gasteiger partial charge in [-0.05, 0) is 36.4 Å². The minimum atomic E-state index is -1.04. The van der Waals surface area contributed by atoms with Crippen LogP contribution in [-0.4, -0.2) is 22.7 Å². The smallest absolute Gasteiger partial charge is 0.341 e. The molecule has 0 bridgehead atoms. The van der Waals surface area contributed by atoms with E-state index >= 15 is 0 Å². The SMILES string of the molecule is O=C(O)COc1ccc(-c2ccc(F)cc2)nc1. The van der Waals surface area contributed by atoms with Crippen LogP contribution in [0.4, 0.5) is 4.39 Å². The number of halogens is 1. The van der Waals surface area contributed by atoms with E-state index in [4.69, 9.17) is 9.84 Å². The highest BCUT2D eigenvalue weighted by Crippen LogP contribution is 2.19. The molecular weight excluding hydrogens is 237 g/mol. The van der Waals surface area contributed by atoms with Crippen molar-refractivity contribution in [3.05, 3.63) is 48.4 Å². The van der Waals surface area contributed by atoms with Gasteiger partial charge in [0.2, 0.25) is 0 Å². The largest absolute Gasteiger partial charge is 0.480 e. The molecule has 2 aromatic rings. The summed E-state index contributed by atoms with van der Waals surface area (Å²) in [6, 6.07) is 9.25. The Morgan fingerprint density at radius 1 is 1.22 bits per heavy atom. The molecule has 2 rings (SSSR count). The first-order valence-electron chi connectivity index (χ1n) is 5.22. The maximum absolute atomic E-state index is 12.7. The van der Waals surface area contributed by atoms with Crippen molar-refractivity contribution in [2.75, 3.05) is 6.61 Å². The molecular formula is C13H10FNO3. The number of carboxylic acid groups (broad SMARTS) is 1. The zero-order chi connectivity index (χ0) is 13.0. The fraction of sp³-hybridized carbons (Fsp3) is 0.0769. The van der Waals surface area contributed by atoms with Gasteiger partial charge in [0, 0.05) is 5.56 Å². The van der Waals surface area contributed by atoms with Gasteiger partial charge in [0.1, 0.15) is 11.6 Å². The molecule has 1 N–H and O–H groups in total. The summed E-state index contributed by atoms with van der Waals surface area (Å²) >= 11 is 0. The summed E-state index contributed by atoms with van der Waals surface area (Å²) in [4.78, 5) is 14.4. The summed E-state index contributed by atoms with van der Waals surface area (Å²) in [7, 11) is 0. The fourth-order valence-electron chi connectivity index (χ4n) is 1.40. The summed E-state index contributed by atoms with van der Waals surface area (Å²) in [6.45, 7) is -0.405. The van der Waals surface area contributed by atoms with E-state index in [0.717, 1.165) is 5.56 Å². The number of rotatable bonds is 4. The second kappa shape index (κ2) is 5.27. The molecule has 0 atom stereocenters. The van der Waals surface area contributed by atoms with Crippen LogP contribution in [0.3, 0.4) is 0 Å². The highest BCUT2D eigenvalue weighted by atomic mass is 19.1. The van der Waals surface area contributed by atoms with Crippen LogP contribution in [-0.2, 0) is 4.79 Å². The van der Waals surface area contributed by atoms with Gasteiger partial charge in [0.05, 0.1) is 11.9 Å². The maximum Gasteiger partial charge on any atom is 0.341 e. The first kappa shape index (κ1) is 12.0. The van der Waals surface area contributed by atoms with Gasteiger partial charge in [-0.3, -0.25) is 4.98 Å². The molecule has 0 amide bonds. The van der Waals surface area contributed by atoms with Gasteiger partial charge < -0.3 is 9.84 Å². The lowest BCUT2D eigenvalue weighted by atomic mass is 10.1. The van der Waals surface area contributed by atoms with Crippen molar-refractivity contribution < 1.29 is 19.0 Å². The van der Waals surface area contributed by atoms with E-state index < -0.39 is 12.6 Å². The zero-order valence-corrected chi connectivity index (χ0v) is 9.34. The molecule has 0 spiro atoms. The van der Waals surface area contributed by atoms with Gasteiger partial charge >= 0.3 is 5.97 Å². The van der Waals surface area contributed by atoms with Gasteiger partial charge in [0.25, 0.3) is 0 Å². The predicted molar refractivity (Wildman–Crippen MR) is 62.8 cm³/mol. The van der Waals surface area contributed by atoms with Crippen molar-refractivity contribution in [2.24, 2.45) is 0 Å². The number of carbonyl (C=O) groups is 1. The van der Waals surface area contributed by atoms with Crippen molar-refractivity contribution in [3.8, 4) is 17.0 Å². The average molecular weight is 247 g/mol. The van der Waals surface area contributed by atoms with Crippen molar-refractivity contribution in [2.45, 2.75) is 0 Å². The lowest BCUT2D eigenvalue weighted by molar-refractivity contribution is -0.139. The number of pyridine rings is 1. The van der Waals surface area contributed by atoms with E-state index in [2.05, 4.69) is 4.98 Å². The molecule has 0 unspecified atom stereocenters. The van der Waals surface area contributed by atoms with Crippen LogP contribution in [0.5, 0.6) is 5.75 Å². The highest BCUT2D eigenvalue weighted by molar-refractivity contribution is 5.68. The van der Waals surface area contributed by atoms with E-state index in [-0.39, 0.29) is 5.82 Å². The molecule has 1 aromatic heterocycles. The van der Waals surface area contributed by atoms with Crippen LogP contribution in [0.1, 0.15) is 0 Å². The van der Waals surface area contributed by atoms with Crippen molar-refractivity contribution in [1.82, 2.24) is 4.98 Å². The number of hydrogen-bond acceptors (Lipinski definition) is 3. The lowest BCUT2D eigenvalue weighted by Gasteiger charge is -2.04. The Hall–Kier alpha value is -2.43. The van der Waals surface area contributed by atoms with E-state index in [9.17, 15) is 9.18 Å². The molecule has 5 heteroatoms. The van der Waals surface area contributed by atoms with Gasteiger partial charge in [-0.15, -0.1) is 0 Å². The quantitative estimate of drug-likeness (QED) is 0.900. The molecule has 4 nitrogen and oxygen atoms in total. The predicted octanol–water partition coefficient (Wildman–Crippen LogP) is 2.35. The third-order valence-corrected chi connectivity index (χ3v) is 2.24. The fourth-order valence-corrected chi connectivity index (χ4v) is 1.40. The average Bonchev–Trinajstić information content (AvgIpc) is 2.38. The molecule has 1 aromatic carbocycles. The normalized spacial score (nSPS) is 10.1. The first-order chi connectivity index (χ1) is 8.65. The van der Waals surface area contributed by atoms with Crippen LogP contribution >= 0.6 is 0 Å². The van der Waals surface area contributed by atoms with Crippen LogP contribution < -0.4 is 4.74 Å². The lowest BCUT2D eigenvalue weighted by Crippen LogP contribution is -2.09. The standard InChI is InChI=1S/C13H10FNO3/c14-10-3-1-9(2-4-10)12-6-5-11(7-15-12)18-8-13(16)17/h1-7H,8H2,(H,16,17). The minimum absolute atomic E-state index is 0.305. The number of benzene rings is 1. The van der Waals surface area contributed by atoms with Crippen molar-refractivity contribution in [3.63, 3.8) is 0 Å². The first-order valence-corrected chi connectivity index (χ1v) is 5.22. The molecule has 0 aliphatic heterocycles. The number of carboxylic acids is 1. The van der Waals surface area contributed by atoms with E-state index in [1.807, 2.05) is 0 Å². The minimum Gasteiger partial charge on any atom is -0.480 e. The summed E-state index contributed by atoms with van der Waals surface area (Å²) in [5.41, 5.74) is 1.44. The monoisotopic (exact) mass is 247 g/mol. The van der Waals surface area contributed by atoms with Crippen molar-refractivity contribution in [1.29, 1.82) is 0 Å². The van der Waals surface area contributed by atoms with E-state index in [1.54, 1.807) is 24.3 Å². The Morgan fingerprint density at radius 3 is 2.50 bits per heavy atom. The second-order valence-corrected chi connectivity index (χ2v) is 3.57. The third-order valence-electron chi connectivity index (χ3n) is 2.24. The maximum atomic E-state index is 12.7. The van der Waals surface area contributed by atoms with E-state index in [0.29, 0.717) is 11.4 Å². The number of nitrogens with zero attached hydrogens (tertiary/aromatic N) is 1. The Morgan fingerprint density at radius 2 is 1.94 bits per heavy atom. The summed E-state index contributed by atoms with van der Waals surface area (Å²) in [5, 5.41) is 8.45. The van der Waals surface area contributed by atoms with Crippen LogP contribution in [0.15, 0.2) is 42.6 Å². The molecule has 0 saturated carbocycles. The van der Waals surface area contributed by atoms with Gasteiger partial charge in [-0.1, -0.05) is 0 Å². The molecule has 0 saturated heterocycles. The van der Waals surface area contributed by atoms with Crippen molar-refractivity contribution >= 4 is 5.97 Å². The van der Waals surface area contributed by atoms with Gasteiger partial charge in [-0.2, -0.15) is 0 Å². The van der Waals surface area contributed by atoms with E-state index in [1.165, 1.54) is 18.3 Å². The number of ether oxygens (including phenoxy) is 1. The number of aromatic nitrogens is 1. The van der Waals surface area contributed by atoms with Crippen LogP contribution in [0, 0.1) is 5.82 Å². The van der Waals surface area contributed by atoms with Gasteiger partial charge in [0.15, 0.2) is 6.61 Å². The molecule has 92 valence electrons. The summed E-state index contributed by atoms with van der Waals surface area (Å²) in [5.74, 6) is -0.971. The highest BCUT2D eigenvalue weighted by Gasteiger charge is 2.02. The van der Waals surface area contributed by atoms with Gasteiger partial charge in [-0.25, -0.2) is 9.18 Å². The topological polar surface area (TPSA) is 59.4 Å². The zero-order valence-electron chi connectivity index (χ0n) is 9.34. The third kappa shape index (κ3) is 3.04. The Bertz CT molecular complexity index is 537. The molecule has 0 radical (unpaired) electrons. The Balaban J connectivity index is 2.12. The summed E-state index contributed by atoms with van der Waals surface area (Å²) < 4.78 is 17.7. The number of hydrogen-bond donors (Lipinski definition) is 1.